The van der Waals surface area contributed by atoms with Crippen LogP contribution >= 0.6 is 0 Å². The lowest BCUT2D eigenvalue weighted by atomic mass is 10.3. The van der Waals surface area contributed by atoms with Gasteiger partial charge in [0.05, 0.1) is 0 Å². The molecule has 5 N–H and O–H groups in total. The molecule has 0 aliphatic rings. The van der Waals surface area contributed by atoms with Gasteiger partial charge in [-0.3, -0.25) is 14.4 Å². The van der Waals surface area contributed by atoms with E-state index >= 15 is 0 Å². The molecule has 0 saturated heterocycles. The zero-order valence-corrected chi connectivity index (χ0v) is 6.16. The van der Waals surface area contributed by atoms with E-state index in [2.05, 4.69) is 10.3 Å². The molecule has 1 atom stereocenters. The molecule has 64 valence electrons. The van der Waals surface area contributed by atoms with Crippen molar-refractivity contribution < 1.29 is 14.4 Å². The van der Waals surface area contributed by atoms with Gasteiger partial charge in [-0.2, -0.15) is 5.48 Å². The fraction of sp³-hybridized carbons (Fsp3) is 0.600. The second-order valence-electron chi connectivity index (χ2n) is 2.00. The first-order valence-corrected chi connectivity index (χ1v) is 2.99. The van der Waals surface area contributed by atoms with E-state index < -0.39 is 17.9 Å². The summed E-state index contributed by atoms with van der Waals surface area (Å²) < 4.78 is 0. The van der Waals surface area contributed by atoms with Gasteiger partial charge in [-0.25, -0.2) is 0 Å². The second kappa shape index (κ2) is 4.64. The van der Waals surface area contributed by atoms with Crippen LogP contribution < -0.4 is 16.9 Å². The van der Waals surface area contributed by atoms with Crippen LogP contribution in [0.25, 0.3) is 0 Å². The highest BCUT2D eigenvalue weighted by molar-refractivity contribution is 5.79. The van der Waals surface area contributed by atoms with Crippen LogP contribution in [-0.4, -0.2) is 24.5 Å². The quantitative estimate of drug-likeness (QED) is 0.400. The van der Waals surface area contributed by atoms with Gasteiger partial charge >= 0.3 is 0 Å². The highest BCUT2D eigenvalue weighted by atomic mass is 16.6. The molecule has 0 fully saturated rings. The molecule has 6 heteroatoms. The van der Waals surface area contributed by atoms with Crippen molar-refractivity contribution in [2.24, 2.45) is 11.5 Å². The Morgan fingerprint density at radius 2 is 2.09 bits per heavy atom. The molecule has 0 heterocycles. The number of nitrogens with two attached hydrogens (primary N) is 2. The van der Waals surface area contributed by atoms with Crippen LogP contribution in [0.2, 0.25) is 0 Å². The molecule has 0 aromatic rings. The third kappa shape index (κ3) is 5.31. The molecule has 0 aromatic heterocycles. The summed E-state index contributed by atoms with van der Waals surface area (Å²) in [7, 11) is 0. The van der Waals surface area contributed by atoms with Crippen molar-refractivity contribution >= 4 is 11.8 Å². The first-order valence-electron chi connectivity index (χ1n) is 2.99. The SMILES string of the molecule is CC(NOCC(N)=O)C(N)=O. The van der Waals surface area contributed by atoms with Crippen LogP contribution in [0.15, 0.2) is 0 Å². The lowest BCUT2D eigenvalue weighted by Gasteiger charge is -2.07. The Morgan fingerprint density at radius 3 is 2.45 bits per heavy atom. The summed E-state index contributed by atoms with van der Waals surface area (Å²) in [5.74, 6) is -1.18. The number of hydrogen-bond donors (Lipinski definition) is 3. The van der Waals surface area contributed by atoms with E-state index in [4.69, 9.17) is 11.5 Å². The molecule has 0 aromatic carbocycles. The Bertz CT molecular complexity index is 159. The summed E-state index contributed by atoms with van der Waals surface area (Å²) in [5, 5.41) is 0. The summed E-state index contributed by atoms with van der Waals surface area (Å²) in [6, 6.07) is -0.630. The number of carbonyl (C=O) groups is 2. The van der Waals surface area contributed by atoms with Crippen molar-refractivity contribution in [1.29, 1.82) is 0 Å². The monoisotopic (exact) mass is 161 g/mol. The topological polar surface area (TPSA) is 107 Å². The van der Waals surface area contributed by atoms with Crippen molar-refractivity contribution in [3.8, 4) is 0 Å². The van der Waals surface area contributed by atoms with E-state index in [1.807, 2.05) is 0 Å². The van der Waals surface area contributed by atoms with Crippen molar-refractivity contribution in [2.45, 2.75) is 13.0 Å². The van der Waals surface area contributed by atoms with Gasteiger partial charge in [-0.05, 0) is 6.92 Å². The summed E-state index contributed by atoms with van der Waals surface area (Å²) in [6.07, 6.45) is 0. The maximum absolute atomic E-state index is 10.3. The lowest BCUT2D eigenvalue weighted by Crippen LogP contribution is -2.40. The van der Waals surface area contributed by atoms with Crippen LogP contribution in [0.4, 0.5) is 0 Å². The van der Waals surface area contributed by atoms with E-state index in [9.17, 15) is 9.59 Å². The smallest absolute Gasteiger partial charge is 0.245 e. The molecule has 0 saturated carbocycles. The Morgan fingerprint density at radius 1 is 1.55 bits per heavy atom. The molecule has 2 amide bonds. The predicted molar refractivity (Wildman–Crippen MR) is 36.9 cm³/mol. The Hall–Kier alpha value is -1.14. The van der Waals surface area contributed by atoms with E-state index in [1.165, 1.54) is 6.92 Å². The van der Waals surface area contributed by atoms with Crippen LogP contribution in [-0.2, 0) is 14.4 Å². The predicted octanol–water partition coefficient (Wildman–Crippen LogP) is -2.13. The standard InChI is InChI=1S/C5H11N3O3/c1-3(5(7)10)8-11-2-4(6)9/h3,8H,2H2,1H3,(H2,6,9)(H2,7,10). The van der Waals surface area contributed by atoms with Gasteiger partial charge in [-0.1, -0.05) is 0 Å². The number of carbonyl (C=O) groups excluding carboxylic acids is 2. The average molecular weight is 161 g/mol. The normalized spacial score (nSPS) is 12.5. The molecule has 0 rings (SSSR count). The maximum atomic E-state index is 10.3. The molecule has 6 nitrogen and oxygen atoms in total. The molecule has 0 bridgehead atoms. The van der Waals surface area contributed by atoms with Crippen LogP contribution in [0, 0.1) is 0 Å². The highest BCUT2D eigenvalue weighted by Crippen LogP contribution is 1.77. The van der Waals surface area contributed by atoms with E-state index in [1.54, 1.807) is 0 Å². The van der Waals surface area contributed by atoms with Gasteiger partial charge in [0, 0.05) is 0 Å². The largest absolute Gasteiger partial charge is 0.368 e. The first-order chi connectivity index (χ1) is 5.04. The fourth-order valence-electron chi connectivity index (χ4n) is 0.296. The zero-order chi connectivity index (χ0) is 8.85. The first kappa shape index (κ1) is 9.86. The Labute approximate surface area is 63.8 Å². The average Bonchev–Trinajstić information content (AvgIpc) is 1.86. The number of amides is 2. The third-order valence-electron chi connectivity index (χ3n) is 0.901. The van der Waals surface area contributed by atoms with Crippen LogP contribution in [0.5, 0.6) is 0 Å². The van der Waals surface area contributed by atoms with Gasteiger partial charge < -0.3 is 11.5 Å². The Kier molecular flexibility index (Phi) is 4.16. The van der Waals surface area contributed by atoms with Gasteiger partial charge in [0.25, 0.3) is 0 Å². The number of rotatable bonds is 5. The minimum absolute atomic E-state index is 0.280. The van der Waals surface area contributed by atoms with Crippen molar-refractivity contribution in [2.75, 3.05) is 6.61 Å². The van der Waals surface area contributed by atoms with Crippen LogP contribution in [0.3, 0.4) is 0 Å². The second-order valence-corrected chi connectivity index (χ2v) is 2.00. The molecular formula is C5H11N3O3. The fourth-order valence-corrected chi connectivity index (χ4v) is 0.296. The molecule has 0 aliphatic carbocycles. The summed E-state index contributed by atoms with van der Waals surface area (Å²) >= 11 is 0. The van der Waals surface area contributed by atoms with E-state index in [0.29, 0.717) is 0 Å². The molecule has 0 spiro atoms. The molecular weight excluding hydrogens is 150 g/mol. The summed E-state index contributed by atoms with van der Waals surface area (Å²) in [6.45, 7) is 1.22. The third-order valence-corrected chi connectivity index (χ3v) is 0.901. The summed E-state index contributed by atoms with van der Waals surface area (Å²) in [5.41, 5.74) is 11.8. The highest BCUT2D eigenvalue weighted by Gasteiger charge is 2.07. The zero-order valence-electron chi connectivity index (χ0n) is 6.16. The Balaban J connectivity index is 3.39. The molecule has 0 aliphatic heterocycles. The van der Waals surface area contributed by atoms with Gasteiger partial charge in [-0.15, -0.1) is 0 Å². The number of primary amides is 2. The van der Waals surface area contributed by atoms with E-state index in [0.717, 1.165) is 0 Å². The number of nitrogens with one attached hydrogen (secondary N) is 1. The van der Waals surface area contributed by atoms with Gasteiger partial charge in [0.2, 0.25) is 11.8 Å². The summed E-state index contributed by atoms with van der Waals surface area (Å²) in [4.78, 5) is 24.9. The minimum Gasteiger partial charge on any atom is -0.368 e. The molecule has 0 radical (unpaired) electrons. The maximum Gasteiger partial charge on any atom is 0.245 e. The van der Waals surface area contributed by atoms with Crippen LogP contribution in [0.1, 0.15) is 6.92 Å². The van der Waals surface area contributed by atoms with Gasteiger partial charge in [0.15, 0.2) is 0 Å². The number of hydroxylamine groups is 1. The minimum atomic E-state index is -0.630. The molecule has 1 unspecified atom stereocenters. The lowest BCUT2D eigenvalue weighted by molar-refractivity contribution is -0.131. The van der Waals surface area contributed by atoms with Crippen molar-refractivity contribution in [3.05, 3.63) is 0 Å². The number of hydrogen-bond acceptors (Lipinski definition) is 4. The van der Waals surface area contributed by atoms with Gasteiger partial charge in [0.1, 0.15) is 12.6 Å². The molecule has 11 heavy (non-hydrogen) atoms. The van der Waals surface area contributed by atoms with E-state index in [-0.39, 0.29) is 6.61 Å². The van der Waals surface area contributed by atoms with Crippen molar-refractivity contribution in [3.63, 3.8) is 0 Å². The van der Waals surface area contributed by atoms with Crippen molar-refractivity contribution in [1.82, 2.24) is 5.48 Å².